The fourth-order valence-corrected chi connectivity index (χ4v) is 3.83. The van der Waals surface area contributed by atoms with E-state index in [1.807, 2.05) is 55.5 Å². The third kappa shape index (κ3) is 2.99. The molecule has 2 heterocycles. The minimum Gasteiger partial charge on any atom is -0.332 e. The van der Waals surface area contributed by atoms with Crippen LogP contribution in [0.5, 0.6) is 0 Å². The molecule has 0 N–H and O–H groups in total. The molecule has 130 valence electrons. The molecule has 0 radical (unpaired) electrons. The van der Waals surface area contributed by atoms with Crippen LogP contribution in [-0.4, -0.2) is 32.6 Å². The van der Waals surface area contributed by atoms with Gasteiger partial charge in [-0.1, -0.05) is 30.3 Å². The van der Waals surface area contributed by atoms with Crippen LogP contribution in [0.15, 0.2) is 67.0 Å². The number of fused-ring (bicyclic) bond motifs is 1. The zero-order chi connectivity index (χ0) is 18.1. The van der Waals surface area contributed by atoms with Crippen LogP contribution in [0, 0.1) is 0 Å². The van der Waals surface area contributed by atoms with Gasteiger partial charge in [0.25, 0.3) is 5.91 Å². The Morgan fingerprint density at radius 2 is 1.85 bits per heavy atom. The first-order valence-corrected chi connectivity index (χ1v) is 9.18. The number of carbonyl (C=O) groups is 1. The molecule has 0 spiro atoms. The van der Waals surface area contributed by atoms with Crippen LogP contribution in [0.25, 0.3) is 15.9 Å². The summed E-state index contributed by atoms with van der Waals surface area (Å²) in [5.41, 5.74) is 2.45. The first-order chi connectivity index (χ1) is 12.6. The Labute approximate surface area is 155 Å². The van der Waals surface area contributed by atoms with Crippen molar-refractivity contribution in [3.8, 4) is 5.69 Å². The lowest BCUT2D eigenvalue weighted by Gasteiger charge is -2.22. The number of thiazole rings is 1. The van der Waals surface area contributed by atoms with E-state index in [-0.39, 0.29) is 11.9 Å². The van der Waals surface area contributed by atoms with Gasteiger partial charge < -0.3 is 4.90 Å². The maximum absolute atomic E-state index is 12.9. The van der Waals surface area contributed by atoms with Crippen molar-refractivity contribution < 1.29 is 4.79 Å². The molecule has 1 amide bonds. The van der Waals surface area contributed by atoms with Crippen LogP contribution in [0.2, 0.25) is 0 Å². The zero-order valence-electron chi connectivity index (χ0n) is 14.5. The molecule has 2 aromatic heterocycles. The van der Waals surface area contributed by atoms with E-state index in [1.165, 1.54) is 0 Å². The van der Waals surface area contributed by atoms with E-state index >= 15 is 0 Å². The monoisotopic (exact) mass is 362 g/mol. The third-order valence-corrected chi connectivity index (χ3v) is 5.63. The molecular formula is C20H18N4OS. The molecule has 26 heavy (non-hydrogen) atoms. The molecule has 0 saturated heterocycles. The normalized spacial score (nSPS) is 12.2. The van der Waals surface area contributed by atoms with Crippen molar-refractivity contribution in [2.24, 2.45) is 0 Å². The Morgan fingerprint density at radius 3 is 2.62 bits per heavy atom. The maximum atomic E-state index is 12.9. The summed E-state index contributed by atoms with van der Waals surface area (Å²) in [7, 11) is 1.80. The van der Waals surface area contributed by atoms with E-state index in [4.69, 9.17) is 0 Å². The maximum Gasteiger partial charge on any atom is 0.257 e. The number of aromatic nitrogens is 3. The lowest BCUT2D eigenvalue weighted by molar-refractivity contribution is 0.0742. The summed E-state index contributed by atoms with van der Waals surface area (Å²) >= 11 is 1.62. The molecule has 2 aromatic carbocycles. The number of hydrogen-bond acceptors (Lipinski definition) is 4. The van der Waals surface area contributed by atoms with Crippen molar-refractivity contribution in [3.05, 3.63) is 77.6 Å². The average Bonchev–Trinajstić information content (AvgIpc) is 3.34. The second-order valence-electron chi connectivity index (χ2n) is 6.12. The summed E-state index contributed by atoms with van der Waals surface area (Å²) in [5.74, 6) is -0.0704. The predicted octanol–water partition coefficient (Wildman–Crippen LogP) is 4.32. The molecule has 0 aliphatic rings. The highest BCUT2D eigenvalue weighted by atomic mass is 32.1. The highest BCUT2D eigenvalue weighted by Crippen LogP contribution is 2.29. The van der Waals surface area contributed by atoms with Crippen LogP contribution in [0.3, 0.4) is 0 Å². The standard InChI is InChI=1S/C20H18N4OS/c1-14(19-22-17-10-6-7-11-18(17)26-19)23(2)20(25)15-12-21-24(13-15)16-8-4-3-5-9-16/h3-14H,1-2H3/t14-/m1/s1. The zero-order valence-corrected chi connectivity index (χ0v) is 15.4. The second kappa shape index (κ2) is 6.72. The van der Waals surface area contributed by atoms with Gasteiger partial charge in [-0.25, -0.2) is 9.67 Å². The largest absolute Gasteiger partial charge is 0.332 e. The van der Waals surface area contributed by atoms with Crippen LogP contribution >= 0.6 is 11.3 Å². The van der Waals surface area contributed by atoms with Crippen LogP contribution in [0.4, 0.5) is 0 Å². The summed E-state index contributed by atoms with van der Waals surface area (Å²) in [6.45, 7) is 2.00. The Morgan fingerprint density at radius 1 is 1.12 bits per heavy atom. The van der Waals surface area contributed by atoms with E-state index in [9.17, 15) is 4.79 Å². The molecule has 0 saturated carbocycles. The Hall–Kier alpha value is -2.99. The molecule has 0 aliphatic carbocycles. The van der Waals surface area contributed by atoms with Gasteiger partial charge >= 0.3 is 0 Å². The van der Waals surface area contributed by atoms with Gasteiger partial charge in [0.2, 0.25) is 0 Å². The van der Waals surface area contributed by atoms with E-state index in [1.54, 1.807) is 40.4 Å². The van der Waals surface area contributed by atoms with Crippen molar-refractivity contribution in [2.75, 3.05) is 7.05 Å². The molecule has 6 heteroatoms. The van der Waals surface area contributed by atoms with Crippen molar-refractivity contribution >= 4 is 27.5 Å². The highest BCUT2D eigenvalue weighted by molar-refractivity contribution is 7.18. The molecular weight excluding hydrogens is 344 g/mol. The fraction of sp³-hybridized carbons (Fsp3) is 0.150. The van der Waals surface area contributed by atoms with Crippen LogP contribution < -0.4 is 0 Å². The third-order valence-electron chi connectivity index (χ3n) is 4.42. The van der Waals surface area contributed by atoms with Crippen molar-refractivity contribution in [1.82, 2.24) is 19.7 Å². The molecule has 0 unspecified atom stereocenters. The lowest BCUT2D eigenvalue weighted by atomic mass is 10.2. The van der Waals surface area contributed by atoms with Gasteiger partial charge in [0.1, 0.15) is 5.01 Å². The van der Waals surface area contributed by atoms with E-state index in [2.05, 4.69) is 16.1 Å². The minimum absolute atomic E-state index is 0.0704. The summed E-state index contributed by atoms with van der Waals surface area (Å²) in [6.07, 6.45) is 3.37. The minimum atomic E-state index is -0.111. The number of hydrogen-bond donors (Lipinski definition) is 0. The summed E-state index contributed by atoms with van der Waals surface area (Å²) in [5, 5.41) is 5.24. The molecule has 1 atom stereocenters. The molecule has 0 fully saturated rings. The lowest BCUT2D eigenvalue weighted by Crippen LogP contribution is -2.29. The molecule has 0 bridgehead atoms. The Kier molecular flexibility index (Phi) is 4.26. The second-order valence-corrected chi connectivity index (χ2v) is 7.18. The molecule has 5 nitrogen and oxygen atoms in total. The van der Waals surface area contributed by atoms with Gasteiger partial charge in [-0.15, -0.1) is 11.3 Å². The van der Waals surface area contributed by atoms with Crippen molar-refractivity contribution in [1.29, 1.82) is 0 Å². The van der Waals surface area contributed by atoms with Gasteiger partial charge in [0.15, 0.2) is 0 Å². The first kappa shape index (κ1) is 16.5. The smallest absolute Gasteiger partial charge is 0.257 e. The number of amides is 1. The Bertz CT molecular complexity index is 1020. The van der Waals surface area contributed by atoms with Gasteiger partial charge in [-0.2, -0.15) is 5.10 Å². The molecule has 0 aliphatic heterocycles. The average molecular weight is 362 g/mol. The van der Waals surface area contributed by atoms with Gasteiger partial charge in [0.05, 0.1) is 33.7 Å². The number of rotatable bonds is 4. The number of nitrogens with zero attached hydrogens (tertiary/aromatic N) is 4. The van der Waals surface area contributed by atoms with Crippen LogP contribution in [0.1, 0.15) is 28.3 Å². The number of benzene rings is 2. The SMILES string of the molecule is C[C@H](c1nc2ccccc2s1)N(C)C(=O)c1cnn(-c2ccccc2)c1. The number of carbonyl (C=O) groups excluding carboxylic acids is 1. The highest BCUT2D eigenvalue weighted by Gasteiger charge is 2.23. The van der Waals surface area contributed by atoms with E-state index < -0.39 is 0 Å². The summed E-state index contributed by atoms with van der Waals surface area (Å²) in [4.78, 5) is 19.2. The molecule has 4 rings (SSSR count). The Balaban J connectivity index is 1.56. The molecule has 4 aromatic rings. The number of para-hydroxylation sites is 2. The topological polar surface area (TPSA) is 51.0 Å². The summed E-state index contributed by atoms with van der Waals surface area (Å²) in [6, 6.07) is 17.7. The fourth-order valence-electron chi connectivity index (χ4n) is 2.77. The quantitative estimate of drug-likeness (QED) is 0.543. The van der Waals surface area contributed by atoms with Crippen molar-refractivity contribution in [3.63, 3.8) is 0 Å². The van der Waals surface area contributed by atoms with Gasteiger partial charge in [-0.05, 0) is 31.2 Å². The van der Waals surface area contributed by atoms with Gasteiger partial charge in [0, 0.05) is 13.2 Å². The van der Waals surface area contributed by atoms with Crippen LogP contribution in [-0.2, 0) is 0 Å². The van der Waals surface area contributed by atoms with E-state index in [0.717, 1.165) is 20.9 Å². The summed E-state index contributed by atoms with van der Waals surface area (Å²) < 4.78 is 2.84. The van der Waals surface area contributed by atoms with Crippen molar-refractivity contribution in [2.45, 2.75) is 13.0 Å². The predicted molar refractivity (Wildman–Crippen MR) is 104 cm³/mol. The first-order valence-electron chi connectivity index (χ1n) is 8.36. The van der Waals surface area contributed by atoms with E-state index in [0.29, 0.717) is 5.56 Å². The van der Waals surface area contributed by atoms with Gasteiger partial charge in [-0.3, -0.25) is 4.79 Å².